The van der Waals surface area contributed by atoms with Gasteiger partial charge in [0.2, 0.25) is 5.78 Å². The Balaban J connectivity index is 1.73. The van der Waals surface area contributed by atoms with Gasteiger partial charge in [-0.3, -0.25) is 4.79 Å². The molecule has 0 saturated heterocycles. The average Bonchev–Trinajstić information content (AvgIpc) is 2.63. The zero-order valence-electron chi connectivity index (χ0n) is 12.4. The van der Waals surface area contributed by atoms with E-state index in [2.05, 4.69) is 4.98 Å². The van der Waals surface area contributed by atoms with Crippen molar-refractivity contribution in [2.75, 3.05) is 0 Å². The van der Waals surface area contributed by atoms with Gasteiger partial charge >= 0.3 is 0 Å². The molecule has 0 amide bonds. The van der Waals surface area contributed by atoms with Crippen molar-refractivity contribution in [3.05, 3.63) is 84.3 Å². The highest BCUT2D eigenvalue weighted by Gasteiger charge is 2.11. The molecule has 0 spiro atoms. The Morgan fingerprint density at radius 1 is 1.04 bits per heavy atom. The molecule has 0 unspecified atom stereocenters. The lowest BCUT2D eigenvalue weighted by atomic mass is 10.1. The molecule has 0 aliphatic rings. The first-order chi connectivity index (χ1) is 11.3. The van der Waals surface area contributed by atoms with Crippen molar-refractivity contribution in [3.63, 3.8) is 0 Å². The molecule has 2 aromatic carbocycles. The van der Waals surface area contributed by atoms with E-state index in [1.807, 2.05) is 48.7 Å². The van der Waals surface area contributed by atoms with Gasteiger partial charge in [-0.2, -0.15) is 5.26 Å². The van der Waals surface area contributed by atoms with Crippen LogP contribution >= 0.6 is 0 Å². The maximum atomic E-state index is 12.2. The van der Waals surface area contributed by atoms with E-state index in [0.717, 1.165) is 11.3 Å². The molecule has 4 nitrogen and oxygen atoms in total. The van der Waals surface area contributed by atoms with Crippen molar-refractivity contribution in [3.8, 4) is 17.3 Å². The predicted molar refractivity (Wildman–Crippen MR) is 85.4 cm³/mol. The zero-order chi connectivity index (χ0) is 16.1. The molecule has 0 saturated carbocycles. The van der Waals surface area contributed by atoms with E-state index in [1.165, 1.54) is 0 Å². The second kappa shape index (κ2) is 6.63. The average molecular weight is 300 g/mol. The Hall–Kier alpha value is -3.32. The Bertz CT molecular complexity index is 848. The Morgan fingerprint density at radius 2 is 1.78 bits per heavy atom. The standard InChI is InChI=1S/C19H14N3O/c20-12-15-6-8-17(9-7-15)19(23)13-22-11-10-18(21-14-22)16-4-2-1-3-5-16/h1-11,14H,13H2/q+1. The SMILES string of the molecule is N#Cc1ccc(C(=O)C[n+]2ccc(-c3ccccc3)nc2)cc1. The van der Waals surface area contributed by atoms with E-state index in [-0.39, 0.29) is 12.3 Å². The molecule has 3 aromatic rings. The molecule has 0 aliphatic heterocycles. The van der Waals surface area contributed by atoms with Crippen LogP contribution in [0.3, 0.4) is 0 Å². The number of ketones is 1. The number of hydrogen-bond acceptors (Lipinski definition) is 3. The minimum absolute atomic E-state index is 0.0197. The molecule has 0 N–H and O–H groups in total. The van der Waals surface area contributed by atoms with Crippen LogP contribution in [0.1, 0.15) is 15.9 Å². The van der Waals surface area contributed by atoms with Crippen LogP contribution in [-0.4, -0.2) is 10.8 Å². The topological polar surface area (TPSA) is 57.6 Å². The number of aromatic nitrogens is 2. The quantitative estimate of drug-likeness (QED) is 0.550. The minimum atomic E-state index is -0.0197. The second-order valence-corrected chi connectivity index (χ2v) is 5.10. The third-order valence-electron chi connectivity index (χ3n) is 3.50. The van der Waals surface area contributed by atoms with E-state index in [0.29, 0.717) is 11.1 Å². The number of carbonyl (C=O) groups is 1. The highest BCUT2D eigenvalue weighted by molar-refractivity contribution is 5.95. The summed E-state index contributed by atoms with van der Waals surface area (Å²) in [5, 5.41) is 8.77. The first-order valence-electron chi connectivity index (χ1n) is 7.20. The first kappa shape index (κ1) is 14.6. The number of hydrogen-bond donors (Lipinski definition) is 0. The monoisotopic (exact) mass is 300 g/mol. The van der Waals surface area contributed by atoms with Gasteiger partial charge in [0.1, 0.15) is 0 Å². The summed E-state index contributed by atoms with van der Waals surface area (Å²) in [6.45, 7) is 0.216. The number of Topliss-reactive ketones (excluding diaryl/α,β-unsaturated/α-hetero) is 1. The van der Waals surface area contributed by atoms with Crippen molar-refractivity contribution in [1.29, 1.82) is 5.26 Å². The van der Waals surface area contributed by atoms with Crippen molar-refractivity contribution in [1.82, 2.24) is 4.98 Å². The fraction of sp³-hybridized carbons (Fsp3) is 0.0526. The highest BCUT2D eigenvalue weighted by Crippen LogP contribution is 2.13. The largest absolute Gasteiger partial charge is 0.290 e. The van der Waals surface area contributed by atoms with Gasteiger partial charge in [0.05, 0.1) is 17.8 Å². The molecular weight excluding hydrogens is 286 g/mol. The van der Waals surface area contributed by atoms with Gasteiger partial charge in [0.15, 0.2) is 12.2 Å². The maximum absolute atomic E-state index is 12.2. The van der Waals surface area contributed by atoms with Gasteiger partial charge in [-0.15, -0.1) is 0 Å². The van der Waals surface area contributed by atoms with Crippen LogP contribution in [0, 0.1) is 11.3 Å². The van der Waals surface area contributed by atoms with Crippen LogP contribution in [0.4, 0.5) is 0 Å². The van der Waals surface area contributed by atoms with Crippen LogP contribution in [-0.2, 0) is 6.54 Å². The third kappa shape index (κ3) is 3.47. The van der Waals surface area contributed by atoms with E-state index >= 15 is 0 Å². The van der Waals surface area contributed by atoms with E-state index in [9.17, 15) is 4.79 Å². The Kier molecular flexibility index (Phi) is 4.21. The Labute approximate surface area is 134 Å². The van der Waals surface area contributed by atoms with Crippen molar-refractivity contribution in [2.24, 2.45) is 0 Å². The Morgan fingerprint density at radius 3 is 2.39 bits per heavy atom. The summed E-state index contributed by atoms with van der Waals surface area (Å²) in [7, 11) is 0. The number of nitriles is 1. The van der Waals surface area contributed by atoms with Crippen molar-refractivity contribution in [2.45, 2.75) is 6.54 Å². The van der Waals surface area contributed by atoms with Gasteiger partial charge in [0.25, 0.3) is 6.33 Å². The van der Waals surface area contributed by atoms with Crippen molar-refractivity contribution < 1.29 is 9.36 Å². The molecule has 1 aromatic heterocycles. The van der Waals surface area contributed by atoms with Gasteiger partial charge in [0, 0.05) is 17.2 Å². The summed E-state index contributed by atoms with van der Waals surface area (Å²) < 4.78 is 1.74. The number of carbonyl (C=O) groups excluding carboxylic acids is 1. The first-order valence-corrected chi connectivity index (χ1v) is 7.20. The van der Waals surface area contributed by atoms with Gasteiger partial charge in [-0.25, -0.2) is 4.57 Å². The second-order valence-electron chi connectivity index (χ2n) is 5.10. The molecule has 1 heterocycles. The lowest BCUT2D eigenvalue weighted by molar-refractivity contribution is -0.686. The summed E-state index contributed by atoms with van der Waals surface area (Å²) in [4.78, 5) is 16.6. The van der Waals surface area contributed by atoms with Crippen LogP contribution < -0.4 is 4.57 Å². The van der Waals surface area contributed by atoms with Crippen LogP contribution in [0.5, 0.6) is 0 Å². The van der Waals surface area contributed by atoms with E-state index in [1.54, 1.807) is 35.2 Å². The zero-order valence-corrected chi connectivity index (χ0v) is 12.4. The molecular formula is C19H14N3O+. The fourth-order valence-electron chi connectivity index (χ4n) is 2.25. The maximum Gasteiger partial charge on any atom is 0.287 e. The third-order valence-corrected chi connectivity index (χ3v) is 3.50. The summed E-state index contributed by atoms with van der Waals surface area (Å²) >= 11 is 0. The van der Waals surface area contributed by atoms with E-state index in [4.69, 9.17) is 5.26 Å². The molecule has 23 heavy (non-hydrogen) atoms. The molecule has 0 fully saturated rings. The van der Waals surface area contributed by atoms with Crippen molar-refractivity contribution >= 4 is 5.78 Å². The fourth-order valence-corrected chi connectivity index (χ4v) is 2.25. The normalized spacial score (nSPS) is 10.0. The summed E-state index contributed by atoms with van der Waals surface area (Å²) in [5.41, 5.74) is 3.04. The summed E-state index contributed by atoms with van der Waals surface area (Å²) in [6, 6.07) is 20.5. The molecule has 3 rings (SSSR count). The summed E-state index contributed by atoms with van der Waals surface area (Å²) in [5.74, 6) is -0.0197. The van der Waals surface area contributed by atoms with Gasteiger partial charge in [-0.05, 0) is 29.2 Å². The van der Waals surface area contributed by atoms with E-state index < -0.39 is 0 Å². The number of nitrogens with zero attached hydrogens (tertiary/aromatic N) is 3. The molecule has 110 valence electrons. The van der Waals surface area contributed by atoms with Crippen LogP contribution in [0.2, 0.25) is 0 Å². The number of benzene rings is 2. The number of rotatable bonds is 4. The van der Waals surface area contributed by atoms with Gasteiger partial charge < -0.3 is 0 Å². The smallest absolute Gasteiger partial charge is 0.287 e. The molecule has 0 radical (unpaired) electrons. The lowest BCUT2D eigenvalue weighted by Crippen LogP contribution is -2.37. The summed E-state index contributed by atoms with van der Waals surface area (Å²) in [6.07, 6.45) is 3.50. The molecule has 0 aliphatic carbocycles. The molecule has 0 atom stereocenters. The van der Waals surface area contributed by atoms with Crippen LogP contribution in [0.15, 0.2) is 73.2 Å². The lowest BCUT2D eigenvalue weighted by Gasteiger charge is -2.01. The molecule has 0 bridgehead atoms. The highest BCUT2D eigenvalue weighted by atomic mass is 16.1. The molecule has 4 heteroatoms. The van der Waals surface area contributed by atoms with Crippen LogP contribution in [0.25, 0.3) is 11.3 Å². The van der Waals surface area contributed by atoms with Gasteiger partial charge in [-0.1, -0.05) is 30.3 Å². The minimum Gasteiger partial charge on any atom is -0.290 e. The predicted octanol–water partition coefficient (Wildman–Crippen LogP) is 2.79.